The van der Waals surface area contributed by atoms with Crippen LogP contribution in [0.25, 0.3) is 0 Å². The molecule has 4 nitrogen and oxygen atoms in total. The Morgan fingerprint density at radius 3 is 2.75 bits per heavy atom. The first-order chi connectivity index (χ1) is 9.66. The van der Waals surface area contributed by atoms with Crippen molar-refractivity contribution in [2.24, 2.45) is 23.7 Å². The molecule has 2 saturated carbocycles. The summed E-state index contributed by atoms with van der Waals surface area (Å²) in [6.07, 6.45) is 0.877. The molecule has 3 aliphatic rings. The van der Waals surface area contributed by atoms with Gasteiger partial charge >= 0.3 is 5.97 Å². The summed E-state index contributed by atoms with van der Waals surface area (Å²) in [5.41, 5.74) is 0.773. The van der Waals surface area contributed by atoms with Gasteiger partial charge in [-0.1, -0.05) is 34.1 Å². The van der Waals surface area contributed by atoms with Gasteiger partial charge in [0.1, 0.15) is 6.10 Å². The molecule has 1 aliphatic heterocycles. The number of hydrogen-bond donors (Lipinski definition) is 1. The van der Waals surface area contributed by atoms with Crippen molar-refractivity contribution in [3.63, 3.8) is 0 Å². The smallest absolute Gasteiger partial charge is 0.310 e. The first-order valence-corrected chi connectivity index (χ1v) is 7.79. The largest absolute Gasteiger partial charge is 0.461 e. The third kappa shape index (κ3) is 1.59. The Kier molecular flexibility index (Phi) is 2.67. The van der Waals surface area contributed by atoms with Gasteiger partial charge < -0.3 is 10.1 Å². The minimum atomic E-state index is -0.268. The van der Waals surface area contributed by atoms with E-state index >= 15 is 0 Å². The average molecular weight is 336 g/mol. The number of esters is 1. The Morgan fingerprint density at radius 2 is 2.00 bits per heavy atom. The van der Waals surface area contributed by atoms with Gasteiger partial charge in [0.25, 0.3) is 0 Å². The van der Waals surface area contributed by atoms with Crippen LogP contribution in [0.15, 0.2) is 30.3 Å². The molecular weight excluding hydrogens is 322 g/mol. The van der Waals surface area contributed by atoms with E-state index in [0.717, 1.165) is 12.1 Å². The van der Waals surface area contributed by atoms with Crippen LogP contribution in [0.2, 0.25) is 0 Å². The highest BCUT2D eigenvalue weighted by Crippen LogP contribution is 2.59. The van der Waals surface area contributed by atoms with Crippen LogP contribution in [0, 0.1) is 23.7 Å². The molecule has 1 heterocycles. The number of halogens is 1. The molecule has 0 spiro atoms. The SMILES string of the molecule is O=C(Nc1ccccc1)C1C2CC3C(OC(=O)C31)C2Br. The van der Waals surface area contributed by atoms with Gasteiger partial charge in [-0.3, -0.25) is 9.59 Å². The third-order valence-electron chi connectivity index (χ3n) is 4.87. The summed E-state index contributed by atoms with van der Waals surface area (Å²) in [6.45, 7) is 0. The number of rotatable bonds is 2. The third-order valence-corrected chi connectivity index (χ3v) is 6.07. The van der Waals surface area contributed by atoms with Gasteiger partial charge in [-0.25, -0.2) is 0 Å². The molecule has 1 amide bonds. The summed E-state index contributed by atoms with van der Waals surface area (Å²) in [4.78, 5) is 24.6. The van der Waals surface area contributed by atoms with E-state index in [2.05, 4.69) is 21.2 Å². The van der Waals surface area contributed by atoms with Crippen LogP contribution in [-0.2, 0) is 14.3 Å². The highest BCUT2D eigenvalue weighted by molar-refractivity contribution is 9.09. The van der Waals surface area contributed by atoms with Gasteiger partial charge in [-0.2, -0.15) is 0 Å². The van der Waals surface area contributed by atoms with Gasteiger partial charge in [-0.15, -0.1) is 0 Å². The molecule has 3 fully saturated rings. The van der Waals surface area contributed by atoms with Crippen molar-refractivity contribution in [1.82, 2.24) is 0 Å². The highest BCUT2D eigenvalue weighted by atomic mass is 79.9. The van der Waals surface area contributed by atoms with E-state index in [-0.39, 0.29) is 46.5 Å². The number of anilines is 1. The molecule has 5 heteroatoms. The molecule has 104 valence electrons. The maximum absolute atomic E-state index is 12.5. The van der Waals surface area contributed by atoms with Crippen molar-refractivity contribution in [3.8, 4) is 0 Å². The summed E-state index contributed by atoms with van der Waals surface area (Å²) in [7, 11) is 0. The van der Waals surface area contributed by atoms with Crippen LogP contribution in [0.1, 0.15) is 6.42 Å². The number of para-hydroxylation sites is 1. The fourth-order valence-corrected chi connectivity index (χ4v) is 5.12. The predicted octanol–water partition coefficient (Wildman–Crippen LogP) is 2.20. The van der Waals surface area contributed by atoms with Crippen molar-refractivity contribution in [3.05, 3.63) is 30.3 Å². The summed E-state index contributed by atoms with van der Waals surface area (Å²) in [5, 5.41) is 2.93. The molecule has 0 radical (unpaired) electrons. The number of carbonyl (C=O) groups is 2. The van der Waals surface area contributed by atoms with Gasteiger partial charge in [0.2, 0.25) is 5.91 Å². The Balaban J connectivity index is 1.60. The fourth-order valence-electron chi connectivity index (χ4n) is 4.08. The number of alkyl halides is 1. The Hall–Kier alpha value is -1.36. The zero-order chi connectivity index (χ0) is 13.9. The summed E-state index contributed by atoms with van der Waals surface area (Å²) in [6, 6.07) is 9.37. The van der Waals surface area contributed by atoms with E-state index in [1.165, 1.54) is 0 Å². The van der Waals surface area contributed by atoms with Crippen LogP contribution in [0.5, 0.6) is 0 Å². The molecule has 4 rings (SSSR count). The van der Waals surface area contributed by atoms with Crippen LogP contribution >= 0.6 is 15.9 Å². The molecule has 2 aliphatic carbocycles. The number of benzene rings is 1. The lowest BCUT2D eigenvalue weighted by Crippen LogP contribution is -2.40. The molecule has 1 saturated heterocycles. The van der Waals surface area contributed by atoms with E-state index in [1.54, 1.807) is 0 Å². The van der Waals surface area contributed by atoms with Gasteiger partial charge in [0, 0.05) is 11.6 Å². The first-order valence-electron chi connectivity index (χ1n) is 6.87. The van der Waals surface area contributed by atoms with E-state index < -0.39 is 0 Å². The van der Waals surface area contributed by atoms with Gasteiger partial charge in [-0.05, 0) is 24.5 Å². The maximum atomic E-state index is 12.5. The van der Waals surface area contributed by atoms with E-state index in [9.17, 15) is 9.59 Å². The lowest BCUT2D eigenvalue weighted by Gasteiger charge is -2.27. The topological polar surface area (TPSA) is 55.4 Å². The molecule has 6 unspecified atom stereocenters. The van der Waals surface area contributed by atoms with Crippen LogP contribution in [-0.4, -0.2) is 22.8 Å². The van der Waals surface area contributed by atoms with Crippen LogP contribution < -0.4 is 5.32 Å². The zero-order valence-corrected chi connectivity index (χ0v) is 12.2. The van der Waals surface area contributed by atoms with Crippen LogP contribution in [0.3, 0.4) is 0 Å². The standard InChI is InChI=1S/C15H14BrNO3/c16-12-8-6-9-11(15(19)20-13(9)12)10(8)14(18)17-7-4-2-1-3-5-7/h1-5,8-13H,6H2,(H,17,18). The van der Waals surface area contributed by atoms with E-state index in [1.807, 2.05) is 30.3 Å². The van der Waals surface area contributed by atoms with E-state index in [0.29, 0.717) is 0 Å². The number of ether oxygens (including phenoxy) is 1. The normalized spacial score (nSPS) is 40.8. The second-order valence-electron chi connectivity index (χ2n) is 5.82. The lowest BCUT2D eigenvalue weighted by atomic mass is 9.79. The van der Waals surface area contributed by atoms with Crippen molar-refractivity contribution in [2.75, 3.05) is 5.32 Å². The molecule has 1 aromatic rings. The fraction of sp³-hybridized carbons (Fsp3) is 0.467. The molecule has 20 heavy (non-hydrogen) atoms. The molecule has 1 N–H and O–H groups in total. The molecule has 1 aromatic carbocycles. The van der Waals surface area contributed by atoms with Crippen LogP contribution in [0.4, 0.5) is 5.69 Å². The molecule has 2 bridgehead atoms. The maximum Gasteiger partial charge on any atom is 0.310 e. The lowest BCUT2D eigenvalue weighted by molar-refractivity contribution is -0.145. The second kappa shape index (κ2) is 4.32. The number of nitrogens with one attached hydrogen (secondary N) is 1. The highest BCUT2D eigenvalue weighted by Gasteiger charge is 2.67. The minimum Gasteiger partial charge on any atom is -0.461 e. The summed E-state index contributed by atoms with van der Waals surface area (Å²) < 4.78 is 5.42. The van der Waals surface area contributed by atoms with Crippen molar-refractivity contribution >= 4 is 33.5 Å². The number of hydrogen-bond acceptors (Lipinski definition) is 3. The predicted molar refractivity (Wildman–Crippen MR) is 76.2 cm³/mol. The first kappa shape index (κ1) is 12.4. The Morgan fingerprint density at radius 1 is 1.25 bits per heavy atom. The minimum absolute atomic E-state index is 0.0294. The zero-order valence-electron chi connectivity index (χ0n) is 10.7. The summed E-state index contributed by atoms with van der Waals surface area (Å²) in [5.74, 6) is -0.361. The Bertz CT molecular complexity index is 576. The number of carbonyl (C=O) groups excluding carboxylic acids is 2. The number of amides is 1. The summed E-state index contributed by atoms with van der Waals surface area (Å²) >= 11 is 3.61. The average Bonchev–Trinajstić information content (AvgIpc) is 3.04. The molecular formula is C15H14BrNO3. The van der Waals surface area contributed by atoms with E-state index in [4.69, 9.17) is 4.74 Å². The van der Waals surface area contributed by atoms with Crippen molar-refractivity contribution < 1.29 is 14.3 Å². The monoisotopic (exact) mass is 335 g/mol. The molecule has 0 aromatic heterocycles. The van der Waals surface area contributed by atoms with Crippen molar-refractivity contribution in [2.45, 2.75) is 17.4 Å². The van der Waals surface area contributed by atoms with Gasteiger partial charge in [0.05, 0.1) is 16.7 Å². The Labute approximate surface area is 125 Å². The molecule has 6 atom stereocenters. The van der Waals surface area contributed by atoms with Crippen molar-refractivity contribution in [1.29, 1.82) is 0 Å². The number of fused-ring (bicyclic) bond motifs is 1. The quantitative estimate of drug-likeness (QED) is 0.665. The van der Waals surface area contributed by atoms with Gasteiger partial charge in [0.15, 0.2) is 0 Å². The second-order valence-corrected chi connectivity index (χ2v) is 6.87.